The summed E-state index contributed by atoms with van der Waals surface area (Å²) >= 11 is 0. The molecule has 6 nitrogen and oxygen atoms in total. The van der Waals surface area contributed by atoms with Crippen molar-refractivity contribution >= 4 is 17.5 Å². The van der Waals surface area contributed by atoms with Crippen LogP contribution < -0.4 is 4.90 Å². The number of β-lactam (4-membered cyclic amide) rings is 1. The van der Waals surface area contributed by atoms with E-state index in [9.17, 15) is 9.59 Å². The molecule has 4 rings (SSSR count). The molecule has 2 amide bonds. The third-order valence-corrected chi connectivity index (χ3v) is 7.35. The smallest absolute Gasteiger partial charge is 0.239 e. The van der Waals surface area contributed by atoms with Crippen LogP contribution in [-0.2, 0) is 9.59 Å². The van der Waals surface area contributed by atoms with Gasteiger partial charge >= 0.3 is 0 Å². The number of likely N-dealkylation sites (tertiary alicyclic amines) is 1. The Hall–Kier alpha value is -2.73. The largest absolute Gasteiger partial charge is 0.341 e. The molecule has 0 bridgehead atoms. The number of amides is 2. The summed E-state index contributed by atoms with van der Waals surface area (Å²) in [6, 6.07) is 13.7. The van der Waals surface area contributed by atoms with Crippen LogP contribution in [0.25, 0.3) is 0 Å². The highest BCUT2D eigenvalue weighted by Crippen LogP contribution is 2.57. The van der Waals surface area contributed by atoms with E-state index in [2.05, 4.69) is 29.8 Å². The predicted molar refractivity (Wildman–Crippen MR) is 131 cm³/mol. The number of aromatic nitrogens is 1. The van der Waals surface area contributed by atoms with Gasteiger partial charge in [-0.15, -0.1) is 0 Å². The minimum absolute atomic E-state index is 0.0487. The second-order valence-electron chi connectivity index (χ2n) is 9.39. The zero-order valence-corrected chi connectivity index (χ0v) is 20.1. The molecule has 1 unspecified atom stereocenters. The van der Waals surface area contributed by atoms with Gasteiger partial charge < -0.3 is 9.80 Å². The number of benzene rings is 1. The Morgan fingerprint density at radius 3 is 2.33 bits per heavy atom. The minimum atomic E-state index is -0.467. The summed E-state index contributed by atoms with van der Waals surface area (Å²) in [6.45, 7) is 9.47. The van der Waals surface area contributed by atoms with Gasteiger partial charge in [0.1, 0.15) is 0 Å². The lowest BCUT2D eigenvalue weighted by Gasteiger charge is -2.59. The molecule has 2 aliphatic heterocycles. The van der Waals surface area contributed by atoms with Crippen molar-refractivity contribution in [3.63, 3.8) is 0 Å². The number of anilines is 1. The Morgan fingerprint density at radius 2 is 1.76 bits per heavy atom. The molecule has 0 saturated carbocycles. The zero-order valence-electron chi connectivity index (χ0n) is 20.1. The van der Waals surface area contributed by atoms with Gasteiger partial charge in [-0.3, -0.25) is 19.5 Å². The number of rotatable bonds is 8. The fourth-order valence-electron chi connectivity index (χ4n) is 5.62. The summed E-state index contributed by atoms with van der Waals surface area (Å²) in [6.07, 6.45) is 7.10. The number of para-hydroxylation sites is 1. The average molecular weight is 449 g/mol. The molecule has 2 saturated heterocycles. The van der Waals surface area contributed by atoms with Crippen LogP contribution in [0.5, 0.6) is 0 Å². The number of carbonyl (C=O) groups is 2. The molecule has 176 valence electrons. The average Bonchev–Trinajstić information content (AvgIpc) is 2.87. The molecular weight excluding hydrogens is 412 g/mol. The van der Waals surface area contributed by atoms with E-state index in [0.717, 1.165) is 37.2 Å². The van der Waals surface area contributed by atoms with Crippen molar-refractivity contribution < 1.29 is 9.59 Å². The molecule has 2 fully saturated rings. The van der Waals surface area contributed by atoms with Crippen molar-refractivity contribution in [1.29, 1.82) is 0 Å². The Balaban J connectivity index is 1.52. The first kappa shape index (κ1) is 23.4. The summed E-state index contributed by atoms with van der Waals surface area (Å²) in [5, 5.41) is 0. The number of hydrogen-bond acceptors (Lipinski definition) is 4. The molecule has 33 heavy (non-hydrogen) atoms. The van der Waals surface area contributed by atoms with Gasteiger partial charge in [0.15, 0.2) is 0 Å². The van der Waals surface area contributed by atoms with Crippen molar-refractivity contribution in [1.82, 2.24) is 14.8 Å². The lowest BCUT2D eigenvalue weighted by molar-refractivity contribution is -0.151. The third-order valence-electron chi connectivity index (χ3n) is 7.35. The van der Waals surface area contributed by atoms with Crippen molar-refractivity contribution in [2.75, 3.05) is 31.1 Å². The highest BCUT2D eigenvalue weighted by Gasteiger charge is 2.62. The Bertz CT molecular complexity index is 935. The quantitative estimate of drug-likeness (QED) is 0.566. The van der Waals surface area contributed by atoms with E-state index < -0.39 is 5.41 Å². The topological polar surface area (TPSA) is 56.8 Å². The monoisotopic (exact) mass is 448 g/mol. The lowest BCUT2D eigenvalue weighted by Crippen LogP contribution is -2.67. The molecule has 1 aromatic heterocycles. The molecule has 0 radical (unpaired) electrons. The fraction of sp³-hybridized carbons (Fsp3) is 0.519. The molecule has 3 heterocycles. The van der Waals surface area contributed by atoms with Gasteiger partial charge in [0.25, 0.3) is 0 Å². The van der Waals surface area contributed by atoms with E-state index in [1.54, 1.807) is 6.20 Å². The highest BCUT2D eigenvalue weighted by molar-refractivity contribution is 6.06. The van der Waals surface area contributed by atoms with E-state index in [0.29, 0.717) is 25.9 Å². The van der Waals surface area contributed by atoms with Crippen molar-refractivity contribution in [2.24, 2.45) is 5.41 Å². The van der Waals surface area contributed by atoms with E-state index in [-0.39, 0.29) is 23.9 Å². The normalized spacial score (nSPS) is 20.7. The SMILES string of the molecule is CCCN(CCC)[C@H](C)C(=O)N1CCC2(CC1)C(=O)N(c1ccccc1)C2c1cccnc1. The molecule has 2 atom stereocenters. The molecule has 0 N–H and O–H groups in total. The van der Waals surface area contributed by atoms with Crippen molar-refractivity contribution in [3.05, 3.63) is 60.4 Å². The van der Waals surface area contributed by atoms with Crippen LogP contribution >= 0.6 is 0 Å². The standard InChI is InChI=1S/C27H36N4O2/c1-4-16-29(17-5-2)21(3)25(32)30-18-13-27(14-19-30)24(22-10-9-15-28-20-22)31(26(27)33)23-11-7-6-8-12-23/h6-12,15,20-21,24H,4-5,13-14,16-19H2,1-3H3/t21-,24?/m1/s1. The highest BCUT2D eigenvalue weighted by atomic mass is 16.2. The van der Waals surface area contributed by atoms with E-state index in [1.165, 1.54) is 0 Å². The second kappa shape index (κ2) is 10.0. The minimum Gasteiger partial charge on any atom is -0.341 e. The molecule has 0 aliphatic carbocycles. The van der Waals surface area contributed by atoms with Gasteiger partial charge in [0.05, 0.1) is 17.5 Å². The number of carbonyl (C=O) groups excluding carboxylic acids is 2. The summed E-state index contributed by atoms with van der Waals surface area (Å²) in [7, 11) is 0. The maximum atomic E-state index is 13.6. The Morgan fingerprint density at radius 1 is 1.09 bits per heavy atom. The maximum Gasteiger partial charge on any atom is 0.239 e. The molecule has 6 heteroatoms. The molecule has 1 aromatic carbocycles. The summed E-state index contributed by atoms with van der Waals surface area (Å²) < 4.78 is 0. The van der Waals surface area contributed by atoms with Crippen LogP contribution in [-0.4, -0.2) is 58.8 Å². The lowest BCUT2D eigenvalue weighted by atomic mass is 9.62. The second-order valence-corrected chi connectivity index (χ2v) is 9.39. The summed E-state index contributed by atoms with van der Waals surface area (Å²) in [5.74, 6) is 0.359. The number of nitrogens with zero attached hydrogens (tertiary/aromatic N) is 4. The van der Waals surface area contributed by atoms with Gasteiger partial charge in [-0.25, -0.2) is 0 Å². The molecule has 1 spiro atoms. The fourth-order valence-corrected chi connectivity index (χ4v) is 5.62. The van der Waals surface area contributed by atoms with Gasteiger partial charge in [-0.2, -0.15) is 0 Å². The van der Waals surface area contributed by atoms with Gasteiger partial charge in [-0.05, 0) is 69.5 Å². The molecular formula is C27H36N4O2. The first-order chi connectivity index (χ1) is 16.0. The third kappa shape index (κ3) is 4.29. The summed E-state index contributed by atoms with van der Waals surface area (Å²) in [5.41, 5.74) is 1.51. The van der Waals surface area contributed by atoms with E-state index in [1.807, 2.05) is 59.3 Å². The van der Waals surface area contributed by atoms with E-state index in [4.69, 9.17) is 0 Å². The van der Waals surface area contributed by atoms with Crippen LogP contribution in [0.15, 0.2) is 54.9 Å². The van der Waals surface area contributed by atoms with Gasteiger partial charge in [-0.1, -0.05) is 38.1 Å². The Kier molecular flexibility index (Phi) is 7.13. The van der Waals surface area contributed by atoms with Gasteiger partial charge in [0, 0.05) is 31.2 Å². The maximum absolute atomic E-state index is 13.6. The van der Waals surface area contributed by atoms with Crippen LogP contribution in [0, 0.1) is 5.41 Å². The van der Waals surface area contributed by atoms with Crippen LogP contribution in [0.3, 0.4) is 0 Å². The van der Waals surface area contributed by atoms with Crippen molar-refractivity contribution in [2.45, 2.75) is 58.5 Å². The van der Waals surface area contributed by atoms with Crippen LogP contribution in [0.4, 0.5) is 5.69 Å². The zero-order chi connectivity index (χ0) is 23.4. The number of piperidine rings is 1. The number of pyridine rings is 1. The van der Waals surface area contributed by atoms with Crippen LogP contribution in [0.1, 0.15) is 58.1 Å². The predicted octanol–water partition coefficient (Wildman–Crippen LogP) is 4.29. The summed E-state index contributed by atoms with van der Waals surface area (Å²) in [4.78, 5) is 37.4. The Labute approximate surface area is 197 Å². The first-order valence-corrected chi connectivity index (χ1v) is 12.3. The first-order valence-electron chi connectivity index (χ1n) is 12.3. The molecule has 2 aromatic rings. The van der Waals surface area contributed by atoms with E-state index >= 15 is 0 Å². The van der Waals surface area contributed by atoms with Crippen molar-refractivity contribution in [3.8, 4) is 0 Å². The number of hydrogen-bond donors (Lipinski definition) is 0. The molecule has 2 aliphatic rings. The van der Waals surface area contributed by atoms with Gasteiger partial charge in [0.2, 0.25) is 11.8 Å². The van der Waals surface area contributed by atoms with Crippen LogP contribution in [0.2, 0.25) is 0 Å².